The molecule has 0 aliphatic heterocycles. The van der Waals surface area contributed by atoms with Gasteiger partial charge in [0, 0.05) is 30.3 Å². The Bertz CT molecular complexity index is 1310. The average molecular weight is 442 g/mol. The van der Waals surface area contributed by atoms with E-state index in [1.165, 1.54) is 17.7 Å². The van der Waals surface area contributed by atoms with Crippen LogP contribution in [-0.4, -0.2) is 37.8 Å². The smallest absolute Gasteiger partial charge is 0.374 e. The van der Waals surface area contributed by atoms with Gasteiger partial charge in [0.25, 0.3) is 0 Å². The number of carbonyl (C=O) groups is 1. The molecule has 0 saturated heterocycles. The number of aromatic amines is 1. The van der Waals surface area contributed by atoms with E-state index in [1.807, 2.05) is 13.0 Å². The molecule has 0 atom stereocenters. The van der Waals surface area contributed by atoms with Crippen molar-refractivity contribution in [2.24, 2.45) is 7.05 Å². The van der Waals surface area contributed by atoms with Gasteiger partial charge in [-0.25, -0.2) is 19.2 Å². The largest absolute Gasteiger partial charge is 0.463 e. The Hall–Kier alpha value is -3.26. The van der Waals surface area contributed by atoms with Gasteiger partial charge in [-0.3, -0.25) is 5.10 Å². The van der Waals surface area contributed by atoms with E-state index in [1.54, 1.807) is 19.3 Å². The summed E-state index contributed by atoms with van der Waals surface area (Å²) in [6.07, 6.45) is 1.60. The Labute approximate surface area is 183 Å². The van der Waals surface area contributed by atoms with Gasteiger partial charge >= 0.3 is 5.97 Å². The minimum absolute atomic E-state index is 0.0969. The second-order valence-electron chi connectivity index (χ2n) is 7.65. The van der Waals surface area contributed by atoms with E-state index in [2.05, 4.69) is 34.0 Å². The fraction of sp³-hybridized carbons (Fsp3) is 0.273. The average Bonchev–Trinajstić information content (AvgIpc) is 3.27. The number of imidazole rings is 1. The van der Waals surface area contributed by atoms with Crippen LogP contribution in [0.2, 0.25) is 5.15 Å². The van der Waals surface area contributed by atoms with E-state index in [0.29, 0.717) is 33.3 Å². The molecule has 3 aromatic heterocycles. The number of aryl methyl sites for hydroxylation is 2. The number of pyridine rings is 1. The number of carbonyl (C=O) groups excluding carboxylic acids is 1. The van der Waals surface area contributed by atoms with Crippen molar-refractivity contribution < 1.29 is 13.9 Å². The van der Waals surface area contributed by atoms with E-state index in [4.69, 9.17) is 16.3 Å². The number of hydrogen-bond acceptors (Lipinski definition) is 5. The highest BCUT2D eigenvalue weighted by Crippen LogP contribution is 2.36. The summed E-state index contributed by atoms with van der Waals surface area (Å²) in [4.78, 5) is 20.8. The molecule has 0 aliphatic carbocycles. The zero-order valence-corrected chi connectivity index (χ0v) is 18.5. The molecule has 3 heterocycles. The van der Waals surface area contributed by atoms with Crippen molar-refractivity contribution in [3.05, 3.63) is 52.4 Å². The SMILES string of the molecule is COC(=O)c1nc(-c2cc3c(C(C)C)cc(-c4c(C)n[nH]c4Cl)nc3cc2F)cn1C. The molecule has 0 bridgehead atoms. The Morgan fingerprint density at radius 1 is 1.23 bits per heavy atom. The number of benzene rings is 1. The molecule has 4 rings (SSSR count). The van der Waals surface area contributed by atoms with Gasteiger partial charge in [0.15, 0.2) is 0 Å². The molecule has 7 nitrogen and oxygen atoms in total. The van der Waals surface area contributed by atoms with E-state index in [-0.39, 0.29) is 17.3 Å². The molecule has 0 fully saturated rings. The minimum atomic E-state index is -0.587. The third-order valence-electron chi connectivity index (χ3n) is 5.23. The van der Waals surface area contributed by atoms with Crippen LogP contribution in [0.5, 0.6) is 0 Å². The molecule has 0 saturated carbocycles. The molecule has 0 amide bonds. The van der Waals surface area contributed by atoms with Gasteiger partial charge in [0.05, 0.1) is 35.3 Å². The molecule has 1 N–H and O–H groups in total. The summed E-state index contributed by atoms with van der Waals surface area (Å²) in [5.41, 5.74) is 4.16. The minimum Gasteiger partial charge on any atom is -0.463 e. The summed E-state index contributed by atoms with van der Waals surface area (Å²) in [6, 6.07) is 5.07. The van der Waals surface area contributed by atoms with Crippen LogP contribution in [0.15, 0.2) is 24.4 Å². The summed E-state index contributed by atoms with van der Waals surface area (Å²) in [5, 5.41) is 8.07. The van der Waals surface area contributed by atoms with E-state index >= 15 is 4.39 Å². The van der Waals surface area contributed by atoms with Gasteiger partial charge in [0.1, 0.15) is 11.0 Å². The van der Waals surface area contributed by atoms with Crippen LogP contribution in [0.1, 0.15) is 41.6 Å². The maximum Gasteiger partial charge on any atom is 0.374 e. The summed E-state index contributed by atoms with van der Waals surface area (Å²) in [6.45, 7) is 5.95. The van der Waals surface area contributed by atoms with Crippen LogP contribution in [0.25, 0.3) is 33.4 Å². The first-order chi connectivity index (χ1) is 14.7. The number of hydrogen-bond donors (Lipinski definition) is 1. The second kappa shape index (κ2) is 7.77. The van der Waals surface area contributed by atoms with Gasteiger partial charge in [-0.15, -0.1) is 0 Å². The Kier molecular flexibility index (Phi) is 5.26. The molecule has 0 spiro atoms. The number of halogens is 2. The maximum absolute atomic E-state index is 15.1. The topological polar surface area (TPSA) is 85.7 Å². The van der Waals surface area contributed by atoms with Crippen LogP contribution in [-0.2, 0) is 11.8 Å². The van der Waals surface area contributed by atoms with Gasteiger partial charge in [-0.1, -0.05) is 25.4 Å². The third kappa shape index (κ3) is 3.57. The van der Waals surface area contributed by atoms with Gasteiger partial charge in [-0.2, -0.15) is 5.10 Å². The van der Waals surface area contributed by atoms with Crippen molar-refractivity contribution in [2.45, 2.75) is 26.7 Å². The lowest BCUT2D eigenvalue weighted by Gasteiger charge is -2.14. The zero-order valence-electron chi connectivity index (χ0n) is 17.7. The van der Waals surface area contributed by atoms with Crippen molar-refractivity contribution in [3.8, 4) is 22.5 Å². The van der Waals surface area contributed by atoms with Crippen LogP contribution in [0, 0.1) is 12.7 Å². The number of fused-ring (bicyclic) bond motifs is 1. The van der Waals surface area contributed by atoms with Crippen molar-refractivity contribution in [1.29, 1.82) is 0 Å². The lowest BCUT2D eigenvalue weighted by molar-refractivity contribution is 0.0583. The lowest BCUT2D eigenvalue weighted by Crippen LogP contribution is -2.08. The number of esters is 1. The summed E-state index contributed by atoms with van der Waals surface area (Å²) < 4.78 is 21.4. The zero-order chi connectivity index (χ0) is 22.4. The van der Waals surface area contributed by atoms with E-state index < -0.39 is 11.8 Å². The number of nitrogens with zero attached hydrogens (tertiary/aromatic N) is 4. The van der Waals surface area contributed by atoms with Crippen LogP contribution in [0.4, 0.5) is 4.39 Å². The van der Waals surface area contributed by atoms with E-state index in [9.17, 15) is 4.79 Å². The van der Waals surface area contributed by atoms with Gasteiger partial charge < -0.3 is 9.30 Å². The first-order valence-corrected chi connectivity index (χ1v) is 10.1. The molecule has 0 unspecified atom stereocenters. The molecule has 0 aliphatic rings. The summed E-state index contributed by atoms with van der Waals surface area (Å²) in [5.74, 6) is -0.838. The van der Waals surface area contributed by atoms with Crippen molar-refractivity contribution in [2.75, 3.05) is 7.11 Å². The number of nitrogens with one attached hydrogen (secondary N) is 1. The molecule has 4 aromatic rings. The monoisotopic (exact) mass is 441 g/mol. The predicted octanol–water partition coefficient (Wildman–Crippen LogP) is 5.04. The van der Waals surface area contributed by atoms with Crippen LogP contribution < -0.4 is 0 Å². The standard InChI is InChI=1S/C22H21ClFN5O2/c1-10(2)12-7-17(19-11(3)27-28-20(19)23)25-16-8-15(24)14(6-13(12)16)18-9-29(4)21(26-18)22(30)31-5/h6-10H,1-5H3,(H,27,28). The molecule has 31 heavy (non-hydrogen) atoms. The maximum atomic E-state index is 15.1. The molecular weight excluding hydrogens is 421 g/mol. The summed E-state index contributed by atoms with van der Waals surface area (Å²) in [7, 11) is 2.94. The fourth-order valence-electron chi connectivity index (χ4n) is 3.65. The van der Waals surface area contributed by atoms with E-state index in [0.717, 1.165) is 10.9 Å². The first-order valence-electron chi connectivity index (χ1n) is 9.68. The van der Waals surface area contributed by atoms with Gasteiger partial charge in [-0.05, 0) is 30.5 Å². The van der Waals surface area contributed by atoms with Crippen LogP contribution >= 0.6 is 11.6 Å². The van der Waals surface area contributed by atoms with Crippen LogP contribution in [0.3, 0.4) is 0 Å². The number of H-pyrrole nitrogens is 1. The Morgan fingerprint density at radius 2 is 1.97 bits per heavy atom. The Morgan fingerprint density at radius 3 is 2.58 bits per heavy atom. The van der Waals surface area contributed by atoms with Crippen molar-refractivity contribution in [3.63, 3.8) is 0 Å². The quantitative estimate of drug-likeness (QED) is 0.448. The van der Waals surface area contributed by atoms with Crippen molar-refractivity contribution in [1.82, 2.24) is 24.7 Å². The highest BCUT2D eigenvalue weighted by Gasteiger charge is 2.21. The van der Waals surface area contributed by atoms with Crippen molar-refractivity contribution >= 4 is 28.5 Å². The molecule has 160 valence electrons. The molecule has 1 aromatic carbocycles. The normalized spacial score (nSPS) is 11.5. The lowest BCUT2D eigenvalue weighted by atomic mass is 9.94. The molecule has 0 radical (unpaired) electrons. The summed E-state index contributed by atoms with van der Waals surface area (Å²) >= 11 is 6.27. The first kappa shape index (κ1) is 21.0. The highest BCUT2D eigenvalue weighted by molar-refractivity contribution is 6.32. The number of ether oxygens (including phenoxy) is 1. The predicted molar refractivity (Wildman–Crippen MR) is 117 cm³/mol. The number of methoxy groups -OCH3 is 1. The van der Waals surface area contributed by atoms with Gasteiger partial charge in [0.2, 0.25) is 5.82 Å². The number of aromatic nitrogens is 5. The second-order valence-corrected chi connectivity index (χ2v) is 8.03. The molecule has 9 heteroatoms. The molecular formula is C22H21ClFN5O2. The third-order valence-corrected chi connectivity index (χ3v) is 5.50. The highest BCUT2D eigenvalue weighted by atomic mass is 35.5. The number of rotatable bonds is 4. The fourth-order valence-corrected chi connectivity index (χ4v) is 3.93. The Balaban J connectivity index is 1.94.